The Balaban J connectivity index is 2.17. The first-order valence-corrected chi connectivity index (χ1v) is 6.72. The number of phenolic OH excluding ortho intramolecular Hbond substituents is 1. The van der Waals surface area contributed by atoms with E-state index in [4.69, 9.17) is 0 Å². The molecule has 0 saturated carbocycles. The molecule has 0 amide bonds. The van der Waals surface area contributed by atoms with Crippen LogP contribution in [0.5, 0.6) is 5.75 Å². The van der Waals surface area contributed by atoms with E-state index in [2.05, 4.69) is 32.2 Å². The number of hydrogen-bond acceptors (Lipinski definition) is 2. The van der Waals surface area contributed by atoms with Crippen molar-refractivity contribution in [1.82, 2.24) is 5.32 Å². The number of phenols is 1. The van der Waals surface area contributed by atoms with Crippen molar-refractivity contribution >= 4 is 0 Å². The van der Waals surface area contributed by atoms with Crippen LogP contribution < -0.4 is 5.32 Å². The zero-order chi connectivity index (χ0) is 13.4. The molecule has 0 heterocycles. The number of allylic oxidation sites excluding steroid dienone is 2. The van der Waals surface area contributed by atoms with Crippen molar-refractivity contribution in [2.24, 2.45) is 0 Å². The topological polar surface area (TPSA) is 32.3 Å². The molecule has 0 unspecified atom stereocenters. The smallest absolute Gasteiger partial charge is 0.115 e. The van der Waals surface area contributed by atoms with Gasteiger partial charge in [-0.25, -0.2) is 0 Å². The molecular weight excluding hydrogens is 222 g/mol. The average Bonchev–Trinajstić information content (AvgIpc) is 2.31. The van der Waals surface area contributed by atoms with E-state index in [9.17, 15) is 5.11 Å². The SMILES string of the molecule is CC(C)=CCC[C@H](C)NCCc1ccc(O)cc1. The van der Waals surface area contributed by atoms with Gasteiger partial charge in [-0.05, 0) is 64.3 Å². The molecule has 2 N–H and O–H groups in total. The normalized spacial score (nSPS) is 12.2. The summed E-state index contributed by atoms with van der Waals surface area (Å²) in [5.74, 6) is 0.335. The van der Waals surface area contributed by atoms with Gasteiger partial charge in [-0.1, -0.05) is 23.8 Å². The van der Waals surface area contributed by atoms with Gasteiger partial charge in [-0.15, -0.1) is 0 Å². The Morgan fingerprint density at radius 3 is 2.56 bits per heavy atom. The highest BCUT2D eigenvalue weighted by atomic mass is 16.3. The standard InChI is InChI=1S/C16H25NO/c1-13(2)5-4-6-14(3)17-12-11-15-7-9-16(18)10-8-15/h5,7-10,14,17-18H,4,6,11-12H2,1-3H3/t14-/m0/s1. The molecule has 0 aliphatic carbocycles. The van der Waals surface area contributed by atoms with Crippen LogP contribution in [-0.2, 0) is 6.42 Å². The van der Waals surface area contributed by atoms with Crippen LogP contribution in [0.2, 0.25) is 0 Å². The molecular formula is C16H25NO. The number of rotatable bonds is 7. The first-order valence-electron chi connectivity index (χ1n) is 6.72. The van der Waals surface area contributed by atoms with Gasteiger partial charge in [-0.3, -0.25) is 0 Å². The molecule has 18 heavy (non-hydrogen) atoms. The van der Waals surface area contributed by atoms with Crippen molar-refractivity contribution in [1.29, 1.82) is 0 Å². The molecule has 0 spiro atoms. The predicted octanol–water partition coefficient (Wildman–Crippen LogP) is 3.66. The Bertz CT molecular complexity index is 363. The van der Waals surface area contributed by atoms with Gasteiger partial charge in [0.1, 0.15) is 5.75 Å². The summed E-state index contributed by atoms with van der Waals surface area (Å²) in [6.07, 6.45) is 5.63. The lowest BCUT2D eigenvalue weighted by Crippen LogP contribution is -2.27. The van der Waals surface area contributed by atoms with Gasteiger partial charge in [0.05, 0.1) is 0 Å². The van der Waals surface area contributed by atoms with E-state index in [0.29, 0.717) is 11.8 Å². The summed E-state index contributed by atoms with van der Waals surface area (Å²) in [6, 6.07) is 7.99. The van der Waals surface area contributed by atoms with Gasteiger partial charge in [0.2, 0.25) is 0 Å². The van der Waals surface area contributed by atoms with Crippen LogP contribution in [0.15, 0.2) is 35.9 Å². The van der Waals surface area contributed by atoms with Gasteiger partial charge in [0, 0.05) is 6.04 Å². The fourth-order valence-corrected chi connectivity index (χ4v) is 1.85. The molecule has 0 fully saturated rings. The van der Waals surface area contributed by atoms with E-state index >= 15 is 0 Å². The van der Waals surface area contributed by atoms with Crippen molar-refractivity contribution < 1.29 is 5.11 Å². The largest absolute Gasteiger partial charge is 0.508 e. The van der Waals surface area contributed by atoms with Crippen LogP contribution in [0.1, 0.15) is 39.2 Å². The molecule has 0 aliphatic heterocycles. The maximum absolute atomic E-state index is 9.19. The van der Waals surface area contributed by atoms with Crippen LogP contribution in [0.25, 0.3) is 0 Å². The molecule has 0 aliphatic rings. The van der Waals surface area contributed by atoms with Crippen LogP contribution in [0, 0.1) is 0 Å². The number of nitrogens with one attached hydrogen (secondary N) is 1. The molecule has 0 bridgehead atoms. The highest BCUT2D eigenvalue weighted by Gasteiger charge is 2.00. The summed E-state index contributed by atoms with van der Waals surface area (Å²) in [5.41, 5.74) is 2.66. The Hall–Kier alpha value is -1.28. The molecule has 1 aromatic rings. The third-order valence-corrected chi connectivity index (χ3v) is 3.00. The maximum atomic E-state index is 9.19. The zero-order valence-corrected chi connectivity index (χ0v) is 11.7. The lowest BCUT2D eigenvalue weighted by Gasteiger charge is -2.12. The van der Waals surface area contributed by atoms with Crippen LogP contribution >= 0.6 is 0 Å². The van der Waals surface area contributed by atoms with Gasteiger partial charge < -0.3 is 10.4 Å². The fraction of sp³-hybridized carbons (Fsp3) is 0.500. The predicted molar refractivity (Wildman–Crippen MR) is 77.9 cm³/mol. The third kappa shape index (κ3) is 6.45. The fourth-order valence-electron chi connectivity index (χ4n) is 1.85. The van der Waals surface area contributed by atoms with E-state index in [1.165, 1.54) is 17.6 Å². The highest BCUT2D eigenvalue weighted by molar-refractivity contribution is 5.25. The summed E-state index contributed by atoms with van der Waals surface area (Å²) in [6.45, 7) is 7.50. The second kappa shape index (κ2) is 7.93. The summed E-state index contributed by atoms with van der Waals surface area (Å²) in [4.78, 5) is 0. The van der Waals surface area contributed by atoms with Gasteiger partial charge in [-0.2, -0.15) is 0 Å². The summed E-state index contributed by atoms with van der Waals surface area (Å²) >= 11 is 0. The first-order chi connectivity index (χ1) is 8.58. The molecule has 1 aromatic carbocycles. The van der Waals surface area contributed by atoms with E-state index in [1.807, 2.05) is 12.1 Å². The monoisotopic (exact) mass is 247 g/mol. The van der Waals surface area contributed by atoms with E-state index in [-0.39, 0.29) is 0 Å². The van der Waals surface area contributed by atoms with Crippen molar-refractivity contribution in [3.8, 4) is 5.75 Å². The van der Waals surface area contributed by atoms with E-state index in [1.54, 1.807) is 12.1 Å². The van der Waals surface area contributed by atoms with Gasteiger partial charge in [0.15, 0.2) is 0 Å². The molecule has 100 valence electrons. The lowest BCUT2D eigenvalue weighted by molar-refractivity contribution is 0.475. The van der Waals surface area contributed by atoms with Crippen molar-refractivity contribution in [2.75, 3.05) is 6.54 Å². The number of hydrogen-bond donors (Lipinski definition) is 2. The zero-order valence-electron chi connectivity index (χ0n) is 11.7. The lowest BCUT2D eigenvalue weighted by atomic mass is 10.1. The number of benzene rings is 1. The minimum absolute atomic E-state index is 0.335. The molecule has 0 saturated heterocycles. The molecule has 0 aromatic heterocycles. The van der Waals surface area contributed by atoms with Crippen LogP contribution in [-0.4, -0.2) is 17.7 Å². The molecule has 0 radical (unpaired) electrons. The Morgan fingerprint density at radius 1 is 1.28 bits per heavy atom. The Morgan fingerprint density at radius 2 is 1.94 bits per heavy atom. The highest BCUT2D eigenvalue weighted by Crippen LogP contribution is 2.09. The first kappa shape index (κ1) is 14.8. The summed E-state index contributed by atoms with van der Waals surface area (Å²) < 4.78 is 0. The third-order valence-electron chi connectivity index (χ3n) is 3.00. The van der Waals surface area contributed by atoms with E-state index < -0.39 is 0 Å². The van der Waals surface area contributed by atoms with Crippen molar-refractivity contribution in [3.63, 3.8) is 0 Å². The van der Waals surface area contributed by atoms with Crippen LogP contribution in [0.3, 0.4) is 0 Å². The summed E-state index contributed by atoms with van der Waals surface area (Å²) in [5, 5.41) is 12.7. The minimum Gasteiger partial charge on any atom is -0.508 e. The number of aromatic hydroxyl groups is 1. The molecule has 1 atom stereocenters. The Kier molecular flexibility index (Phi) is 6.51. The second-order valence-corrected chi connectivity index (χ2v) is 5.13. The molecule has 1 rings (SSSR count). The average molecular weight is 247 g/mol. The van der Waals surface area contributed by atoms with Gasteiger partial charge in [0.25, 0.3) is 0 Å². The van der Waals surface area contributed by atoms with Crippen molar-refractivity contribution in [2.45, 2.75) is 46.1 Å². The van der Waals surface area contributed by atoms with Crippen LogP contribution in [0.4, 0.5) is 0 Å². The summed E-state index contributed by atoms with van der Waals surface area (Å²) in [7, 11) is 0. The minimum atomic E-state index is 0.335. The second-order valence-electron chi connectivity index (χ2n) is 5.13. The Labute approximate surface area is 111 Å². The van der Waals surface area contributed by atoms with Crippen molar-refractivity contribution in [3.05, 3.63) is 41.5 Å². The maximum Gasteiger partial charge on any atom is 0.115 e. The van der Waals surface area contributed by atoms with E-state index in [0.717, 1.165) is 19.4 Å². The molecule has 2 nitrogen and oxygen atoms in total. The quantitative estimate of drug-likeness (QED) is 0.721. The van der Waals surface area contributed by atoms with Gasteiger partial charge >= 0.3 is 0 Å². The molecule has 2 heteroatoms.